The summed E-state index contributed by atoms with van der Waals surface area (Å²) in [6.45, 7) is 4.79. The van der Waals surface area contributed by atoms with Crippen molar-refractivity contribution in [2.24, 2.45) is 11.5 Å². The molecule has 0 saturated carbocycles. The molecule has 1 aromatic heterocycles. The smallest absolute Gasteiger partial charge is 0.251 e. The molecule has 8 nitrogen and oxygen atoms in total. The molecule has 36 heavy (non-hydrogen) atoms. The third-order valence-corrected chi connectivity index (χ3v) is 7.85. The molecule has 0 fully saturated rings. The van der Waals surface area contributed by atoms with Gasteiger partial charge in [0, 0.05) is 43.0 Å². The van der Waals surface area contributed by atoms with Crippen LogP contribution in [0, 0.1) is 6.92 Å². The molecule has 3 amide bonds. The molecule has 0 aliphatic carbocycles. The summed E-state index contributed by atoms with van der Waals surface area (Å²) in [6, 6.07) is 11.7. The molecular formula is C27H27N5O3S. The van der Waals surface area contributed by atoms with E-state index in [-0.39, 0.29) is 5.91 Å². The Bertz CT molecular complexity index is 1470. The van der Waals surface area contributed by atoms with Crippen LogP contribution in [0.5, 0.6) is 0 Å². The zero-order chi connectivity index (χ0) is 25.6. The van der Waals surface area contributed by atoms with Gasteiger partial charge in [0.1, 0.15) is 0 Å². The zero-order valence-corrected chi connectivity index (χ0v) is 20.9. The number of nitrogens with two attached hydrogens (primary N) is 2. The summed E-state index contributed by atoms with van der Waals surface area (Å²) >= 11 is 1.38. The lowest BCUT2D eigenvalue weighted by molar-refractivity contribution is -0.128. The lowest BCUT2D eigenvalue weighted by Crippen LogP contribution is -2.37. The van der Waals surface area contributed by atoms with Crippen LogP contribution in [0.15, 0.2) is 54.1 Å². The van der Waals surface area contributed by atoms with Crippen molar-refractivity contribution in [2.75, 3.05) is 18.0 Å². The quantitative estimate of drug-likeness (QED) is 0.491. The van der Waals surface area contributed by atoms with Crippen molar-refractivity contribution >= 4 is 51.6 Å². The number of hydrogen-bond acceptors (Lipinski definition) is 5. The van der Waals surface area contributed by atoms with Crippen LogP contribution in [-0.4, -0.2) is 46.1 Å². The highest BCUT2D eigenvalue weighted by atomic mass is 32.2. The van der Waals surface area contributed by atoms with E-state index < -0.39 is 17.2 Å². The van der Waals surface area contributed by atoms with E-state index in [2.05, 4.69) is 11.1 Å². The van der Waals surface area contributed by atoms with Crippen LogP contribution in [0.2, 0.25) is 0 Å². The number of nitrogens with zero attached hydrogens (tertiary/aromatic N) is 2. The third-order valence-electron chi connectivity index (χ3n) is 6.86. The molecule has 5 N–H and O–H groups in total. The average molecular weight is 502 g/mol. The highest BCUT2D eigenvalue weighted by Crippen LogP contribution is 2.40. The van der Waals surface area contributed by atoms with Crippen molar-refractivity contribution in [1.29, 1.82) is 0 Å². The molecule has 2 aliphatic rings. The van der Waals surface area contributed by atoms with Gasteiger partial charge in [-0.15, -0.1) is 0 Å². The van der Waals surface area contributed by atoms with Crippen LogP contribution >= 0.6 is 11.8 Å². The van der Waals surface area contributed by atoms with E-state index in [1.807, 2.05) is 53.8 Å². The number of anilines is 1. The number of hydrogen-bond donors (Lipinski definition) is 3. The average Bonchev–Trinajstić information content (AvgIpc) is 3.52. The molecule has 1 atom stereocenters. The Hall–Kier alpha value is -3.98. The van der Waals surface area contributed by atoms with Crippen molar-refractivity contribution in [2.45, 2.75) is 25.6 Å². The first kappa shape index (κ1) is 23.7. The number of rotatable bonds is 5. The predicted molar refractivity (Wildman–Crippen MR) is 144 cm³/mol. The number of carbonyl (C=O) groups is 3. The minimum Gasteiger partial charge on any atom is -0.367 e. The molecule has 0 radical (unpaired) electrons. The Morgan fingerprint density at radius 3 is 2.58 bits per heavy atom. The number of thioether (sulfide) groups is 1. The summed E-state index contributed by atoms with van der Waals surface area (Å²) in [5.74, 6) is -0.850. The number of primary amides is 2. The van der Waals surface area contributed by atoms with E-state index in [9.17, 15) is 14.4 Å². The van der Waals surface area contributed by atoms with Gasteiger partial charge >= 0.3 is 0 Å². The maximum atomic E-state index is 12.2. The Labute approximate surface area is 213 Å². The predicted octanol–water partition coefficient (Wildman–Crippen LogP) is 3.71. The SMILES string of the molecule is CC(=O)N1CC=C(c2cc3c(-c4cccc(N5C=CSC5C(N)=O)c4C)ccc(C(N)=O)c3[nH]2)CC1. The molecule has 0 spiro atoms. The number of amides is 3. The second kappa shape index (κ2) is 9.23. The van der Waals surface area contributed by atoms with Gasteiger partial charge in [0.2, 0.25) is 5.91 Å². The first-order valence-corrected chi connectivity index (χ1v) is 12.6. The molecule has 184 valence electrons. The topological polar surface area (TPSA) is 126 Å². The van der Waals surface area contributed by atoms with Gasteiger partial charge in [0.15, 0.2) is 5.37 Å². The summed E-state index contributed by atoms with van der Waals surface area (Å²) in [5, 5.41) is 2.25. The standard InChI is InChI=1S/C27H27N5O3S/c1-15-18(4-3-5-23(15)32-12-13-36-27(32)26(29)35)19-6-7-20(25(28)34)24-21(19)14-22(30-24)17-8-10-31(11-9-17)16(2)33/h3-8,12-14,27,30H,9-11H2,1-2H3,(H2,28,34)(H2,29,35). The highest BCUT2D eigenvalue weighted by molar-refractivity contribution is 8.03. The van der Waals surface area contributed by atoms with Crippen LogP contribution in [0.4, 0.5) is 5.69 Å². The first-order valence-electron chi connectivity index (χ1n) is 11.7. The second-order valence-electron chi connectivity index (χ2n) is 8.97. The summed E-state index contributed by atoms with van der Waals surface area (Å²) in [6.07, 6.45) is 4.63. The maximum absolute atomic E-state index is 12.2. The van der Waals surface area contributed by atoms with Gasteiger partial charge in [0.05, 0.1) is 11.1 Å². The third kappa shape index (κ3) is 4.05. The van der Waals surface area contributed by atoms with Crippen LogP contribution in [0.3, 0.4) is 0 Å². The van der Waals surface area contributed by atoms with E-state index in [4.69, 9.17) is 11.5 Å². The number of H-pyrrole nitrogens is 1. The second-order valence-corrected chi connectivity index (χ2v) is 9.96. The molecule has 9 heteroatoms. The molecule has 0 saturated heterocycles. The summed E-state index contributed by atoms with van der Waals surface area (Å²) in [4.78, 5) is 43.1. The minimum absolute atomic E-state index is 0.0560. The van der Waals surface area contributed by atoms with Gasteiger partial charge in [-0.05, 0) is 59.2 Å². The molecular weight excluding hydrogens is 474 g/mol. The molecule has 0 bridgehead atoms. The number of fused-ring (bicyclic) bond motifs is 1. The Balaban J connectivity index is 1.63. The highest BCUT2D eigenvalue weighted by Gasteiger charge is 2.28. The summed E-state index contributed by atoms with van der Waals surface area (Å²) in [7, 11) is 0. The van der Waals surface area contributed by atoms with Crippen LogP contribution in [0.1, 0.15) is 35.0 Å². The largest absolute Gasteiger partial charge is 0.367 e. The number of benzene rings is 2. The first-order chi connectivity index (χ1) is 17.3. The fourth-order valence-electron chi connectivity index (χ4n) is 4.96. The Morgan fingerprint density at radius 1 is 1.11 bits per heavy atom. The lowest BCUT2D eigenvalue weighted by Gasteiger charge is -2.25. The van der Waals surface area contributed by atoms with Crippen LogP contribution in [0.25, 0.3) is 27.6 Å². The Kier molecular flexibility index (Phi) is 6.09. The minimum atomic E-state index is -0.505. The normalized spacial score (nSPS) is 17.5. The molecule has 1 unspecified atom stereocenters. The van der Waals surface area contributed by atoms with Gasteiger partial charge in [-0.25, -0.2) is 0 Å². The zero-order valence-electron chi connectivity index (χ0n) is 20.1. The molecule has 2 aliphatic heterocycles. The van der Waals surface area contributed by atoms with Crippen LogP contribution < -0.4 is 16.4 Å². The number of aromatic amines is 1. The van der Waals surface area contributed by atoms with E-state index in [1.54, 1.807) is 17.9 Å². The maximum Gasteiger partial charge on any atom is 0.251 e. The molecule has 3 aromatic rings. The number of carbonyl (C=O) groups excluding carboxylic acids is 3. The van der Waals surface area contributed by atoms with Crippen LogP contribution in [-0.2, 0) is 9.59 Å². The molecule has 3 heterocycles. The van der Waals surface area contributed by atoms with E-state index in [1.165, 1.54) is 11.8 Å². The van der Waals surface area contributed by atoms with Crippen molar-refractivity contribution in [1.82, 2.24) is 9.88 Å². The van der Waals surface area contributed by atoms with Crippen molar-refractivity contribution in [3.8, 4) is 11.1 Å². The fourth-order valence-corrected chi connectivity index (χ4v) is 5.76. The van der Waals surface area contributed by atoms with Gasteiger partial charge in [0.25, 0.3) is 11.8 Å². The molecule has 5 rings (SSSR count). The van der Waals surface area contributed by atoms with Crippen molar-refractivity contribution in [3.05, 3.63) is 70.9 Å². The van der Waals surface area contributed by atoms with Gasteiger partial charge < -0.3 is 26.3 Å². The van der Waals surface area contributed by atoms with E-state index in [0.29, 0.717) is 24.2 Å². The number of nitrogens with one attached hydrogen (secondary N) is 1. The fraction of sp³-hybridized carbons (Fsp3) is 0.222. The van der Waals surface area contributed by atoms with Gasteiger partial charge in [-0.2, -0.15) is 0 Å². The van der Waals surface area contributed by atoms with Crippen molar-refractivity contribution < 1.29 is 14.4 Å². The van der Waals surface area contributed by atoms with E-state index in [0.717, 1.165) is 45.5 Å². The summed E-state index contributed by atoms with van der Waals surface area (Å²) in [5.41, 5.74) is 18.2. The Morgan fingerprint density at radius 2 is 1.92 bits per heavy atom. The van der Waals surface area contributed by atoms with E-state index >= 15 is 0 Å². The monoisotopic (exact) mass is 501 g/mol. The lowest BCUT2D eigenvalue weighted by atomic mass is 9.94. The van der Waals surface area contributed by atoms with Crippen molar-refractivity contribution in [3.63, 3.8) is 0 Å². The summed E-state index contributed by atoms with van der Waals surface area (Å²) < 4.78 is 0. The van der Waals surface area contributed by atoms with Gasteiger partial charge in [-0.3, -0.25) is 14.4 Å². The number of aromatic nitrogens is 1. The van der Waals surface area contributed by atoms with Gasteiger partial charge in [-0.1, -0.05) is 36.0 Å². The molecule has 2 aromatic carbocycles.